The number of benzene rings is 1. The molecule has 2 aliphatic heterocycles. The van der Waals surface area contributed by atoms with Gasteiger partial charge in [0, 0.05) is 10.8 Å². The molecule has 0 spiro atoms. The molecule has 146 valence electrons. The standard InChI is InChI=1S/C16H26N2O6P2/c1-15(2)9-21-25(19,22-10-15)17-13-7-5-6-8-14(13)18-26(20)23-11-16(3,4)12-24-26/h5-8H,9-12H2,1-4H3,(H,17,19)(H,18,20). The van der Waals surface area contributed by atoms with Crippen LogP contribution in [0.4, 0.5) is 11.4 Å². The number of hydrogen-bond donors (Lipinski definition) is 2. The fourth-order valence-corrected chi connectivity index (χ4v) is 5.76. The zero-order valence-electron chi connectivity index (χ0n) is 15.5. The van der Waals surface area contributed by atoms with Crippen LogP contribution in [0.3, 0.4) is 0 Å². The van der Waals surface area contributed by atoms with Crippen molar-refractivity contribution in [2.24, 2.45) is 10.8 Å². The monoisotopic (exact) mass is 404 g/mol. The van der Waals surface area contributed by atoms with Gasteiger partial charge >= 0.3 is 15.5 Å². The largest absolute Gasteiger partial charge is 0.432 e. The summed E-state index contributed by atoms with van der Waals surface area (Å²) in [6.07, 6.45) is 0. The van der Waals surface area contributed by atoms with Gasteiger partial charge in [-0.15, -0.1) is 0 Å². The van der Waals surface area contributed by atoms with Crippen molar-refractivity contribution in [2.75, 3.05) is 36.6 Å². The Balaban J connectivity index is 1.73. The van der Waals surface area contributed by atoms with Crippen LogP contribution < -0.4 is 10.2 Å². The molecule has 3 rings (SSSR count). The van der Waals surface area contributed by atoms with Crippen molar-refractivity contribution < 1.29 is 27.2 Å². The third-order valence-corrected chi connectivity index (χ3v) is 6.85. The minimum atomic E-state index is -3.50. The molecule has 10 heteroatoms. The molecule has 0 unspecified atom stereocenters. The van der Waals surface area contributed by atoms with Crippen molar-refractivity contribution >= 4 is 26.9 Å². The molecule has 8 nitrogen and oxygen atoms in total. The number of rotatable bonds is 4. The fourth-order valence-electron chi connectivity index (χ4n) is 2.30. The first-order valence-corrected chi connectivity index (χ1v) is 11.5. The molecule has 26 heavy (non-hydrogen) atoms. The first-order valence-electron chi connectivity index (χ1n) is 8.44. The molecule has 2 N–H and O–H groups in total. The highest BCUT2D eigenvalue weighted by atomic mass is 31.2. The topological polar surface area (TPSA) is 95.1 Å². The lowest BCUT2D eigenvalue weighted by atomic mass is 9.97. The van der Waals surface area contributed by atoms with E-state index in [-0.39, 0.29) is 10.8 Å². The normalized spacial score (nSPS) is 26.0. The Kier molecular flexibility index (Phi) is 5.30. The average molecular weight is 404 g/mol. The molecule has 0 aliphatic carbocycles. The van der Waals surface area contributed by atoms with E-state index in [2.05, 4.69) is 10.2 Å². The van der Waals surface area contributed by atoms with Gasteiger partial charge in [-0.05, 0) is 12.1 Å². The van der Waals surface area contributed by atoms with Gasteiger partial charge in [-0.1, -0.05) is 39.8 Å². The van der Waals surface area contributed by atoms with Gasteiger partial charge in [-0.3, -0.25) is 28.3 Å². The van der Waals surface area contributed by atoms with Crippen LogP contribution in [0.25, 0.3) is 0 Å². The van der Waals surface area contributed by atoms with E-state index in [9.17, 15) is 9.13 Å². The van der Waals surface area contributed by atoms with Crippen molar-refractivity contribution in [3.8, 4) is 0 Å². The van der Waals surface area contributed by atoms with Gasteiger partial charge in [0.15, 0.2) is 0 Å². The summed E-state index contributed by atoms with van der Waals surface area (Å²) in [6.45, 7) is 9.13. The van der Waals surface area contributed by atoms with Crippen LogP contribution in [0, 0.1) is 10.8 Å². The average Bonchev–Trinajstić information content (AvgIpc) is 2.56. The highest BCUT2D eigenvalue weighted by Gasteiger charge is 2.39. The molecule has 0 atom stereocenters. The van der Waals surface area contributed by atoms with Gasteiger partial charge in [0.05, 0.1) is 37.8 Å². The second-order valence-electron chi connectivity index (χ2n) is 8.19. The number of nitrogens with one attached hydrogen (secondary N) is 2. The Morgan fingerprint density at radius 1 is 0.731 bits per heavy atom. The van der Waals surface area contributed by atoms with Gasteiger partial charge in [0.1, 0.15) is 0 Å². The Labute approximate surface area is 154 Å². The summed E-state index contributed by atoms with van der Waals surface area (Å²) >= 11 is 0. The lowest BCUT2D eigenvalue weighted by molar-refractivity contribution is 0.0433. The van der Waals surface area contributed by atoms with E-state index in [0.29, 0.717) is 37.8 Å². The molecular formula is C16H26N2O6P2. The predicted molar refractivity (Wildman–Crippen MR) is 100 cm³/mol. The van der Waals surface area contributed by atoms with E-state index in [1.54, 1.807) is 24.3 Å². The fraction of sp³-hybridized carbons (Fsp3) is 0.625. The molecule has 2 saturated heterocycles. The Morgan fingerprint density at radius 3 is 1.35 bits per heavy atom. The SMILES string of the molecule is CC1(C)COP(=O)(Nc2ccccc2NP2(=O)OCC(C)(C)CO2)OC1. The van der Waals surface area contributed by atoms with E-state index in [1.807, 2.05) is 27.7 Å². The molecule has 0 saturated carbocycles. The maximum atomic E-state index is 12.8. The predicted octanol–water partition coefficient (Wildman–Crippen LogP) is 4.87. The molecule has 0 amide bonds. The Morgan fingerprint density at radius 2 is 1.04 bits per heavy atom. The van der Waals surface area contributed by atoms with Gasteiger partial charge in [-0.25, -0.2) is 9.13 Å². The van der Waals surface area contributed by atoms with Crippen molar-refractivity contribution in [3.63, 3.8) is 0 Å². The van der Waals surface area contributed by atoms with Crippen LogP contribution in [0.2, 0.25) is 0 Å². The summed E-state index contributed by atoms with van der Waals surface area (Å²) < 4.78 is 47.3. The lowest BCUT2D eigenvalue weighted by Crippen LogP contribution is -2.31. The van der Waals surface area contributed by atoms with Crippen molar-refractivity contribution in [1.82, 2.24) is 0 Å². The van der Waals surface area contributed by atoms with Gasteiger partial charge in [0.2, 0.25) is 0 Å². The summed E-state index contributed by atoms with van der Waals surface area (Å²) in [6, 6.07) is 6.90. The zero-order chi connectivity index (χ0) is 19.1. The van der Waals surface area contributed by atoms with Crippen molar-refractivity contribution in [1.29, 1.82) is 0 Å². The molecule has 1 aromatic rings. The maximum Gasteiger partial charge on any atom is 0.432 e. The van der Waals surface area contributed by atoms with E-state index < -0.39 is 15.5 Å². The molecule has 2 fully saturated rings. The van der Waals surface area contributed by atoms with Gasteiger partial charge in [-0.2, -0.15) is 0 Å². The molecule has 2 heterocycles. The Bertz CT molecular complexity index is 676. The number of para-hydroxylation sites is 2. The first-order chi connectivity index (χ1) is 12.0. The van der Waals surface area contributed by atoms with E-state index >= 15 is 0 Å². The van der Waals surface area contributed by atoms with Crippen LogP contribution in [0.15, 0.2) is 24.3 Å². The van der Waals surface area contributed by atoms with Crippen LogP contribution in [0.1, 0.15) is 27.7 Å². The lowest BCUT2D eigenvalue weighted by Gasteiger charge is -2.35. The molecule has 0 bridgehead atoms. The molecule has 0 aromatic heterocycles. The highest BCUT2D eigenvalue weighted by Crippen LogP contribution is 2.57. The van der Waals surface area contributed by atoms with Gasteiger partial charge in [0.25, 0.3) is 0 Å². The highest BCUT2D eigenvalue weighted by molar-refractivity contribution is 7.56. The molecule has 2 aliphatic rings. The van der Waals surface area contributed by atoms with E-state index in [1.165, 1.54) is 0 Å². The minimum Gasteiger partial charge on any atom is -0.292 e. The number of hydrogen-bond acceptors (Lipinski definition) is 6. The Hall–Kier alpha value is -0.880. The summed E-state index contributed by atoms with van der Waals surface area (Å²) in [7, 11) is -7.00. The van der Waals surface area contributed by atoms with E-state index in [0.717, 1.165) is 0 Å². The quantitative estimate of drug-likeness (QED) is 0.686. The summed E-state index contributed by atoms with van der Waals surface area (Å²) in [4.78, 5) is 0. The minimum absolute atomic E-state index is 0.200. The van der Waals surface area contributed by atoms with Gasteiger partial charge < -0.3 is 0 Å². The first kappa shape index (κ1) is 19.9. The van der Waals surface area contributed by atoms with Crippen LogP contribution in [-0.2, 0) is 27.2 Å². The van der Waals surface area contributed by atoms with Crippen LogP contribution in [0.5, 0.6) is 0 Å². The smallest absolute Gasteiger partial charge is 0.292 e. The second-order valence-corrected chi connectivity index (χ2v) is 11.7. The summed E-state index contributed by atoms with van der Waals surface area (Å²) in [5, 5.41) is 5.61. The molecular weight excluding hydrogens is 378 g/mol. The third kappa shape index (κ3) is 4.89. The second kappa shape index (κ2) is 6.93. The zero-order valence-corrected chi connectivity index (χ0v) is 17.3. The number of anilines is 2. The van der Waals surface area contributed by atoms with Crippen LogP contribution in [-0.4, -0.2) is 26.4 Å². The molecule has 0 radical (unpaired) electrons. The molecule has 1 aromatic carbocycles. The van der Waals surface area contributed by atoms with Crippen molar-refractivity contribution in [3.05, 3.63) is 24.3 Å². The summed E-state index contributed by atoms with van der Waals surface area (Å²) in [5.74, 6) is 0. The maximum absolute atomic E-state index is 12.8. The van der Waals surface area contributed by atoms with Crippen molar-refractivity contribution in [2.45, 2.75) is 27.7 Å². The van der Waals surface area contributed by atoms with E-state index in [4.69, 9.17) is 18.1 Å². The third-order valence-electron chi connectivity index (χ3n) is 3.94. The summed E-state index contributed by atoms with van der Waals surface area (Å²) in [5.41, 5.74) is 0.467. The van der Waals surface area contributed by atoms with Crippen LogP contribution >= 0.6 is 15.5 Å².